The topological polar surface area (TPSA) is 54.9 Å². The Morgan fingerprint density at radius 2 is 1.77 bits per heavy atom. The van der Waals surface area contributed by atoms with E-state index in [4.69, 9.17) is 0 Å². The highest BCUT2D eigenvalue weighted by Crippen LogP contribution is 2.22. The van der Waals surface area contributed by atoms with Crippen LogP contribution < -0.4 is 5.32 Å². The van der Waals surface area contributed by atoms with Crippen LogP contribution in [0.25, 0.3) is 0 Å². The van der Waals surface area contributed by atoms with E-state index in [2.05, 4.69) is 34.3 Å². The third-order valence-electron chi connectivity index (χ3n) is 3.30. The molecule has 0 saturated carbocycles. The molecular formula is C17H21N3OS. The molecule has 0 radical (unpaired) electrons. The molecule has 0 fully saturated rings. The van der Waals surface area contributed by atoms with E-state index in [0.717, 1.165) is 27.5 Å². The zero-order valence-corrected chi connectivity index (χ0v) is 14.3. The van der Waals surface area contributed by atoms with Gasteiger partial charge in [-0.05, 0) is 44.9 Å². The summed E-state index contributed by atoms with van der Waals surface area (Å²) in [6, 6.07) is 6.10. The van der Waals surface area contributed by atoms with E-state index in [-0.39, 0.29) is 5.91 Å². The molecule has 0 saturated heterocycles. The number of thioether (sulfide) groups is 1. The van der Waals surface area contributed by atoms with Crippen molar-refractivity contribution in [2.45, 2.75) is 39.1 Å². The van der Waals surface area contributed by atoms with Crippen LogP contribution in [0.1, 0.15) is 28.8 Å². The van der Waals surface area contributed by atoms with Crippen LogP contribution in [0.5, 0.6) is 0 Å². The summed E-state index contributed by atoms with van der Waals surface area (Å²) in [6.07, 6.45) is 2.01. The predicted octanol–water partition coefficient (Wildman–Crippen LogP) is 3.83. The summed E-state index contributed by atoms with van der Waals surface area (Å²) in [5.74, 6) is 0.736. The Bertz CT molecular complexity index is 662. The smallest absolute Gasteiger partial charge is 0.225 e. The molecule has 0 atom stereocenters. The number of benzene rings is 1. The van der Waals surface area contributed by atoms with Gasteiger partial charge in [-0.1, -0.05) is 17.7 Å². The highest BCUT2D eigenvalue weighted by atomic mass is 32.2. The first kappa shape index (κ1) is 16.5. The number of aryl methyl sites for hydroxylation is 4. The van der Waals surface area contributed by atoms with Gasteiger partial charge in [-0.15, -0.1) is 11.8 Å². The van der Waals surface area contributed by atoms with E-state index in [1.54, 1.807) is 18.1 Å². The summed E-state index contributed by atoms with van der Waals surface area (Å²) in [6.45, 7) is 8.04. The minimum atomic E-state index is 0.0355. The van der Waals surface area contributed by atoms with E-state index in [0.29, 0.717) is 12.2 Å². The number of carbonyl (C=O) groups excluding carboxylic acids is 1. The normalized spacial score (nSPS) is 10.5. The maximum absolute atomic E-state index is 12.1. The average molecular weight is 315 g/mol. The molecule has 0 bridgehead atoms. The zero-order valence-electron chi connectivity index (χ0n) is 13.4. The fourth-order valence-electron chi connectivity index (χ4n) is 2.34. The van der Waals surface area contributed by atoms with E-state index in [9.17, 15) is 4.79 Å². The van der Waals surface area contributed by atoms with Crippen LogP contribution in [0, 0.1) is 27.7 Å². The van der Waals surface area contributed by atoms with Crippen molar-refractivity contribution in [2.75, 3.05) is 11.1 Å². The maximum atomic E-state index is 12.1. The van der Waals surface area contributed by atoms with Gasteiger partial charge in [0.05, 0.1) is 5.03 Å². The van der Waals surface area contributed by atoms with E-state index in [1.807, 2.05) is 26.8 Å². The summed E-state index contributed by atoms with van der Waals surface area (Å²) in [4.78, 5) is 20.3. The lowest BCUT2D eigenvalue weighted by molar-refractivity contribution is -0.115. The van der Waals surface area contributed by atoms with Crippen molar-refractivity contribution in [2.24, 2.45) is 0 Å². The maximum Gasteiger partial charge on any atom is 0.225 e. The Labute approximate surface area is 135 Å². The van der Waals surface area contributed by atoms with Gasteiger partial charge in [0.15, 0.2) is 0 Å². The molecule has 22 heavy (non-hydrogen) atoms. The molecule has 1 amide bonds. The molecule has 4 nitrogen and oxygen atoms in total. The van der Waals surface area contributed by atoms with E-state index >= 15 is 0 Å². The molecule has 1 aromatic heterocycles. The van der Waals surface area contributed by atoms with Gasteiger partial charge in [0, 0.05) is 23.6 Å². The van der Waals surface area contributed by atoms with Crippen LogP contribution in [0.2, 0.25) is 0 Å². The Hall–Kier alpha value is -1.88. The number of nitrogens with zero attached hydrogens (tertiary/aromatic N) is 2. The molecule has 1 N–H and O–H groups in total. The van der Waals surface area contributed by atoms with Gasteiger partial charge in [0.25, 0.3) is 0 Å². The van der Waals surface area contributed by atoms with Crippen molar-refractivity contribution in [1.82, 2.24) is 9.97 Å². The fraction of sp³-hybridized carbons (Fsp3) is 0.353. The van der Waals surface area contributed by atoms with Crippen molar-refractivity contribution in [3.05, 3.63) is 46.9 Å². The first-order valence-corrected chi connectivity index (χ1v) is 8.23. The molecule has 0 aliphatic carbocycles. The predicted molar refractivity (Wildman–Crippen MR) is 91.4 cm³/mol. The van der Waals surface area contributed by atoms with Gasteiger partial charge >= 0.3 is 0 Å². The van der Waals surface area contributed by atoms with Crippen LogP contribution in [-0.4, -0.2) is 21.6 Å². The number of hydrogen-bond donors (Lipinski definition) is 1. The number of anilines is 1. The van der Waals surface area contributed by atoms with Gasteiger partial charge in [0.2, 0.25) is 5.91 Å². The molecule has 0 spiro atoms. The molecule has 5 heteroatoms. The Kier molecular flexibility index (Phi) is 5.55. The van der Waals surface area contributed by atoms with Crippen molar-refractivity contribution >= 4 is 23.4 Å². The van der Waals surface area contributed by atoms with Crippen LogP contribution in [-0.2, 0) is 4.79 Å². The molecule has 1 aromatic carbocycles. The lowest BCUT2D eigenvalue weighted by Gasteiger charge is -2.12. The largest absolute Gasteiger partial charge is 0.326 e. The van der Waals surface area contributed by atoms with Gasteiger partial charge in [-0.3, -0.25) is 4.79 Å². The number of carbonyl (C=O) groups is 1. The summed E-state index contributed by atoms with van der Waals surface area (Å²) < 4.78 is 0. The molecule has 0 aliphatic rings. The molecule has 2 aromatic rings. The van der Waals surface area contributed by atoms with Crippen LogP contribution in [0.4, 0.5) is 5.69 Å². The van der Waals surface area contributed by atoms with Gasteiger partial charge < -0.3 is 5.32 Å². The van der Waals surface area contributed by atoms with Crippen molar-refractivity contribution in [3.8, 4) is 0 Å². The lowest BCUT2D eigenvalue weighted by Crippen LogP contribution is -2.14. The number of rotatable bonds is 5. The Balaban J connectivity index is 1.89. The molecule has 0 unspecified atom stereocenters. The molecule has 2 rings (SSSR count). The van der Waals surface area contributed by atoms with Crippen LogP contribution >= 0.6 is 11.8 Å². The van der Waals surface area contributed by atoms with Gasteiger partial charge in [-0.25, -0.2) is 9.97 Å². The summed E-state index contributed by atoms with van der Waals surface area (Å²) in [5, 5.41) is 3.92. The quantitative estimate of drug-likeness (QED) is 0.673. The Morgan fingerprint density at radius 1 is 1.09 bits per heavy atom. The molecular weight excluding hydrogens is 294 g/mol. The summed E-state index contributed by atoms with van der Waals surface area (Å²) in [5.41, 5.74) is 5.28. The third-order valence-corrected chi connectivity index (χ3v) is 4.23. The number of nitrogens with one attached hydrogen (secondary N) is 1. The van der Waals surface area contributed by atoms with Gasteiger partial charge in [0.1, 0.15) is 6.33 Å². The number of amides is 1. The zero-order chi connectivity index (χ0) is 16.1. The van der Waals surface area contributed by atoms with Crippen molar-refractivity contribution in [1.29, 1.82) is 0 Å². The second kappa shape index (κ2) is 7.40. The standard InChI is InChI=1S/C17H21N3OS/c1-11-7-12(2)17(13(3)8-11)20-15(21)5-6-22-16-9-14(4)18-10-19-16/h7-10H,5-6H2,1-4H3,(H,20,21). The Morgan fingerprint density at radius 3 is 2.41 bits per heavy atom. The number of aromatic nitrogens is 2. The molecule has 116 valence electrons. The second-order valence-electron chi connectivity index (χ2n) is 5.42. The van der Waals surface area contributed by atoms with E-state index < -0.39 is 0 Å². The SMILES string of the molecule is Cc1cc(C)c(NC(=O)CCSc2cc(C)ncn2)c(C)c1. The minimum Gasteiger partial charge on any atom is -0.326 e. The lowest BCUT2D eigenvalue weighted by atomic mass is 10.1. The average Bonchev–Trinajstić information content (AvgIpc) is 2.43. The second-order valence-corrected chi connectivity index (χ2v) is 6.53. The van der Waals surface area contributed by atoms with Crippen molar-refractivity contribution < 1.29 is 4.79 Å². The summed E-state index contributed by atoms with van der Waals surface area (Å²) >= 11 is 1.57. The van der Waals surface area contributed by atoms with Gasteiger partial charge in [-0.2, -0.15) is 0 Å². The molecule has 1 heterocycles. The van der Waals surface area contributed by atoms with Crippen molar-refractivity contribution in [3.63, 3.8) is 0 Å². The minimum absolute atomic E-state index is 0.0355. The fourth-order valence-corrected chi connectivity index (χ4v) is 3.21. The highest BCUT2D eigenvalue weighted by molar-refractivity contribution is 7.99. The summed E-state index contributed by atoms with van der Waals surface area (Å²) in [7, 11) is 0. The van der Waals surface area contributed by atoms with Crippen LogP contribution in [0.15, 0.2) is 29.6 Å². The van der Waals surface area contributed by atoms with E-state index in [1.165, 1.54) is 5.56 Å². The molecule has 0 aliphatic heterocycles. The highest BCUT2D eigenvalue weighted by Gasteiger charge is 2.08. The van der Waals surface area contributed by atoms with Crippen LogP contribution in [0.3, 0.4) is 0 Å². The number of hydrogen-bond acceptors (Lipinski definition) is 4. The third kappa shape index (κ3) is 4.56. The monoisotopic (exact) mass is 315 g/mol. The first-order valence-electron chi connectivity index (χ1n) is 7.25. The first-order chi connectivity index (χ1) is 10.5.